The summed E-state index contributed by atoms with van der Waals surface area (Å²) in [6, 6.07) is -0.373. The summed E-state index contributed by atoms with van der Waals surface area (Å²) in [4.78, 5) is 24.4. The van der Waals surface area contributed by atoms with E-state index in [4.69, 9.17) is 0 Å². The van der Waals surface area contributed by atoms with Crippen LogP contribution in [0.1, 0.15) is 24.9 Å². The second kappa shape index (κ2) is 6.77. The molecule has 1 unspecified atom stereocenters. The highest BCUT2D eigenvalue weighted by molar-refractivity contribution is 5.83. The normalized spacial score (nSPS) is 11.8. The van der Waals surface area contributed by atoms with E-state index in [2.05, 4.69) is 15.7 Å². The van der Waals surface area contributed by atoms with Crippen LogP contribution >= 0.6 is 0 Å². The van der Waals surface area contributed by atoms with Crippen molar-refractivity contribution < 1.29 is 9.59 Å². The summed E-state index contributed by atoms with van der Waals surface area (Å²) >= 11 is 0. The van der Waals surface area contributed by atoms with E-state index in [-0.39, 0.29) is 24.5 Å². The van der Waals surface area contributed by atoms with Crippen molar-refractivity contribution in [3.8, 4) is 0 Å². The molecule has 7 heteroatoms. The Hall–Kier alpha value is -2.05. The Labute approximate surface area is 113 Å². The first kappa shape index (κ1) is 15.0. The zero-order valence-corrected chi connectivity index (χ0v) is 11.8. The van der Waals surface area contributed by atoms with Gasteiger partial charge in [0.2, 0.25) is 5.91 Å². The molecule has 0 aromatic carbocycles. The average molecular weight is 267 g/mol. The molecule has 0 aliphatic carbocycles. The van der Waals surface area contributed by atoms with Gasteiger partial charge in [0, 0.05) is 32.9 Å². The first-order chi connectivity index (χ1) is 8.93. The van der Waals surface area contributed by atoms with Crippen LogP contribution in [0.5, 0.6) is 0 Å². The number of urea groups is 1. The van der Waals surface area contributed by atoms with Gasteiger partial charge in [-0.25, -0.2) is 4.79 Å². The molecule has 1 rings (SSSR count). The molecular formula is C12H21N5O2. The number of nitrogens with one attached hydrogen (secondary N) is 2. The van der Waals surface area contributed by atoms with Gasteiger partial charge in [-0.1, -0.05) is 6.92 Å². The fourth-order valence-electron chi connectivity index (χ4n) is 1.60. The molecule has 0 bridgehead atoms. The van der Waals surface area contributed by atoms with Crippen LogP contribution in [0.15, 0.2) is 12.4 Å². The summed E-state index contributed by atoms with van der Waals surface area (Å²) in [5, 5.41) is 9.47. The van der Waals surface area contributed by atoms with E-state index in [1.807, 2.05) is 20.2 Å². The van der Waals surface area contributed by atoms with Crippen molar-refractivity contribution in [3.05, 3.63) is 18.0 Å². The van der Waals surface area contributed by atoms with E-state index in [9.17, 15) is 9.59 Å². The van der Waals surface area contributed by atoms with Crippen LogP contribution in [0.4, 0.5) is 4.79 Å². The second-order valence-electron chi connectivity index (χ2n) is 4.53. The van der Waals surface area contributed by atoms with Gasteiger partial charge < -0.3 is 15.5 Å². The molecule has 0 aliphatic heterocycles. The van der Waals surface area contributed by atoms with Crippen molar-refractivity contribution in [1.82, 2.24) is 25.3 Å². The van der Waals surface area contributed by atoms with Crippen molar-refractivity contribution in [2.24, 2.45) is 7.05 Å². The minimum absolute atomic E-state index is 0.0340. The van der Waals surface area contributed by atoms with Gasteiger partial charge in [0.05, 0.1) is 18.8 Å². The number of rotatable bonds is 5. The molecule has 0 saturated carbocycles. The van der Waals surface area contributed by atoms with E-state index >= 15 is 0 Å². The zero-order chi connectivity index (χ0) is 14.4. The molecule has 0 radical (unpaired) electrons. The summed E-state index contributed by atoms with van der Waals surface area (Å²) in [6.07, 6.45) is 4.36. The van der Waals surface area contributed by atoms with Gasteiger partial charge >= 0.3 is 6.03 Å². The zero-order valence-electron chi connectivity index (χ0n) is 11.8. The molecule has 1 aromatic rings. The Bertz CT molecular complexity index is 441. The van der Waals surface area contributed by atoms with Crippen LogP contribution < -0.4 is 10.6 Å². The van der Waals surface area contributed by atoms with Crippen LogP contribution in [0.3, 0.4) is 0 Å². The van der Waals surface area contributed by atoms with Crippen LogP contribution in [0.2, 0.25) is 0 Å². The maximum atomic E-state index is 11.7. The Kier molecular flexibility index (Phi) is 5.35. The minimum Gasteiger partial charge on any atom is -0.348 e. The van der Waals surface area contributed by atoms with Crippen LogP contribution in [-0.4, -0.2) is 47.3 Å². The summed E-state index contributed by atoms with van der Waals surface area (Å²) in [7, 11) is 5.07. The summed E-state index contributed by atoms with van der Waals surface area (Å²) in [5.74, 6) is -0.217. The standard InChI is InChI=1S/C12H21N5O2/c1-5-10(9-6-14-17(4)8-9)15-11(18)7-13-12(19)16(2)3/h6,8,10H,5,7H2,1-4H3,(H,13,19)(H,15,18). The number of aromatic nitrogens is 2. The highest BCUT2D eigenvalue weighted by Gasteiger charge is 2.14. The number of nitrogens with zero attached hydrogens (tertiary/aromatic N) is 3. The van der Waals surface area contributed by atoms with Crippen molar-refractivity contribution in [3.63, 3.8) is 0 Å². The van der Waals surface area contributed by atoms with Crippen molar-refractivity contribution in [2.45, 2.75) is 19.4 Å². The van der Waals surface area contributed by atoms with Gasteiger partial charge in [-0.15, -0.1) is 0 Å². The number of carbonyl (C=O) groups is 2. The molecule has 0 saturated heterocycles. The quantitative estimate of drug-likeness (QED) is 0.803. The lowest BCUT2D eigenvalue weighted by Crippen LogP contribution is -2.42. The van der Waals surface area contributed by atoms with Gasteiger partial charge in [-0.3, -0.25) is 9.48 Å². The molecular weight excluding hydrogens is 246 g/mol. The van der Waals surface area contributed by atoms with E-state index < -0.39 is 0 Å². The third-order valence-corrected chi connectivity index (χ3v) is 2.68. The largest absolute Gasteiger partial charge is 0.348 e. The molecule has 106 valence electrons. The number of hydrogen-bond donors (Lipinski definition) is 2. The second-order valence-corrected chi connectivity index (χ2v) is 4.53. The predicted octanol–water partition coefficient (Wildman–Crippen LogP) is 0.259. The number of amides is 3. The lowest BCUT2D eigenvalue weighted by Gasteiger charge is -2.16. The van der Waals surface area contributed by atoms with Gasteiger partial charge in [0.1, 0.15) is 0 Å². The van der Waals surface area contributed by atoms with Gasteiger partial charge in [-0.2, -0.15) is 5.10 Å². The molecule has 19 heavy (non-hydrogen) atoms. The molecule has 1 aromatic heterocycles. The fourth-order valence-corrected chi connectivity index (χ4v) is 1.60. The number of carbonyl (C=O) groups excluding carboxylic acids is 2. The predicted molar refractivity (Wildman–Crippen MR) is 71.5 cm³/mol. The highest BCUT2D eigenvalue weighted by atomic mass is 16.2. The molecule has 1 heterocycles. The van der Waals surface area contributed by atoms with Crippen LogP contribution in [0.25, 0.3) is 0 Å². The highest BCUT2D eigenvalue weighted by Crippen LogP contribution is 2.14. The van der Waals surface area contributed by atoms with Gasteiger partial charge in [0.25, 0.3) is 0 Å². The third kappa shape index (κ3) is 4.61. The Morgan fingerprint density at radius 2 is 2.16 bits per heavy atom. The van der Waals surface area contributed by atoms with E-state index in [0.717, 1.165) is 12.0 Å². The molecule has 7 nitrogen and oxygen atoms in total. The van der Waals surface area contributed by atoms with Crippen molar-refractivity contribution >= 4 is 11.9 Å². The van der Waals surface area contributed by atoms with Gasteiger partial charge in [-0.05, 0) is 6.42 Å². The number of hydrogen-bond acceptors (Lipinski definition) is 3. The fraction of sp³-hybridized carbons (Fsp3) is 0.583. The first-order valence-electron chi connectivity index (χ1n) is 6.17. The molecule has 0 fully saturated rings. The van der Waals surface area contributed by atoms with Gasteiger partial charge in [0.15, 0.2) is 0 Å². The summed E-state index contributed by atoms with van der Waals surface area (Å²) < 4.78 is 1.69. The molecule has 0 spiro atoms. The van der Waals surface area contributed by atoms with E-state index in [1.54, 1.807) is 25.0 Å². The first-order valence-corrected chi connectivity index (χ1v) is 6.17. The topological polar surface area (TPSA) is 79.3 Å². The van der Waals surface area contributed by atoms with E-state index in [1.165, 1.54) is 4.90 Å². The lowest BCUT2D eigenvalue weighted by molar-refractivity contribution is -0.120. The Balaban J connectivity index is 2.48. The molecule has 0 aliphatic rings. The van der Waals surface area contributed by atoms with Crippen molar-refractivity contribution in [2.75, 3.05) is 20.6 Å². The van der Waals surface area contributed by atoms with E-state index in [0.29, 0.717) is 0 Å². The lowest BCUT2D eigenvalue weighted by atomic mass is 10.1. The average Bonchev–Trinajstić information content (AvgIpc) is 2.79. The molecule has 2 N–H and O–H groups in total. The Morgan fingerprint density at radius 3 is 2.63 bits per heavy atom. The smallest absolute Gasteiger partial charge is 0.317 e. The van der Waals surface area contributed by atoms with Crippen molar-refractivity contribution in [1.29, 1.82) is 0 Å². The third-order valence-electron chi connectivity index (χ3n) is 2.68. The monoisotopic (exact) mass is 267 g/mol. The summed E-state index contributed by atoms with van der Waals surface area (Å²) in [6.45, 7) is 1.95. The SMILES string of the molecule is CCC(NC(=O)CNC(=O)N(C)C)c1cnn(C)c1. The number of aryl methyl sites for hydroxylation is 1. The molecule has 3 amide bonds. The van der Waals surface area contributed by atoms with Crippen LogP contribution in [0, 0.1) is 0 Å². The summed E-state index contributed by atoms with van der Waals surface area (Å²) in [5.41, 5.74) is 0.956. The van der Waals surface area contributed by atoms with Crippen LogP contribution in [-0.2, 0) is 11.8 Å². The maximum absolute atomic E-state index is 11.7. The minimum atomic E-state index is -0.287. The maximum Gasteiger partial charge on any atom is 0.317 e. The molecule has 1 atom stereocenters. The Morgan fingerprint density at radius 1 is 1.47 bits per heavy atom.